The molecule has 0 atom stereocenters. The van der Waals surface area contributed by atoms with Crippen molar-refractivity contribution in [2.75, 3.05) is 6.61 Å². The summed E-state index contributed by atoms with van der Waals surface area (Å²) in [6, 6.07) is 5.65. The predicted molar refractivity (Wildman–Crippen MR) is 81.5 cm³/mol. The molecule has 0 aliphatic rings. The first-order chi connectivity index (χ1) is 9.93. The number of nitrogens with zero attached hydrogens (tertiary/aromatic N) is 2. The van der Waals surface area contributed by atoms with E-state index in [-0.39, 0.29) is 24.6 Å². The quantitative estimate of drug-likeness (QED) is 0.810. The molecule has 0 spiro atoms. The van der Waals surface area contributed by atoms with Gasteiger partial charge in [0.15, 0.2) is 0 Å². The highest BCUT2D eigenvalue weighted by molar-refractivity contribution is 5.85. The third-order valence-corrected chi connectivity index (χ3v) is 3.28. The molecule has 1 heterocycles. The molecule has 0 bridgehead atoms. The summed E-state index contributed by atoms with van der Waals surface area (Å²) >= 11 is 0. The van der Waals surface area contributed by atoms with Crippen molar-refractivity contribution in [2.24, 2.45) is 0 Å². The summed E-state index contributed by atoms with van der Waals surface area (Å²) in [5.41, 5.74) is 1.63. The van der Waals surface area contributed by atoms with Gasteiger partial charge in [0, 0.05) is 5.39 Å². The van der Waals surface area contributed by atoms with Crippen molar-refractivity contribution in [1.82, 2.24) is 9.78 Å². The van der Waals surface area contributed by atoms with Crippen molar-refractivity contribution >= 4 is 16.7 Å². The van der Waals surface area contributed by atoms with Crippen molar-refractivity contribution in [1.29, 1.82) is 0 Å². The van der Waals surface area contributed by atoms with Crippen LogP contribution in [0.1, 0.15) is 37.9 Å². The van der Waals surface area contributed by atoms with E-state index < -0.39 is 5.97 Å². The summed E-state index contributed by atoms with van der Waals surface area (Å²) in [5, 5.41) is 5.81. The van der Waals surface area contributed by atoms with Crippen LogP contribution in [0.15, 0.2) is 23.0 Å². The van der Waals surface area contributed by atoms with Gasteiger partial charge < -0.3 is 4.74 Å². The van der Waals surface area contributed by atoms with Crippen LogP contribution in [-0.4, -0.2) is 22.4 Å². The lowest BCUT2D eigenvalue weighted by atomic mass is 10.0. The van der Waals surface area contributed by atoms with E-state index in [9.17, 15) is 9.59 Å². The van der Waals surface area contributed by atoms with E-state index in [0.717, 1.165) is 16.6 Å². The molecule has 0 radical (unpaired) electrons. The number of esters is 1. The summed E-state index contributed by atoms with van der Waals surface area (Å²) in [6.07, 6.45) is 0. The number of ether oxygens (including phenoxy) is 1. The Bertz CT molecular complexity index is 732. The maximum Gasteiger partial charge on any atom is 0.327 e. The van der Waals surface area contributed by atoms with E-state index in [4.69, 9.17) is 4.74 Å². The second-order valence-corrected chi connectivity index (χ2v) is 5.36. The van der Waals surface area contributed by atoms with Crippen molar-refractivity contribution in [3.05, 3.63) is 39.8 Å². The van der Waals surface area contributed by atoms with Crippen LogP contribution < -0.4 is 5.56 Å². The van der Waals surface area contributed by atoms with E-state index in [1.807, 2.05) is 32.9 Å². The molecular formula is C16H20N2O3. The molecule has 5 nitrogen and oxygen atoms in total. The van der Waals surface area contributed by atoms with Crippen LogP contribution in [0, 0.1) is 6.92 Å². The molecule has 0 N–H and O–H groups in total. The molecule has 0 aliphatic carbocycles. The van der Waals surface area contributed by atoms with Gasteiger partial charge in [-0.3, -0.25) is 9.59 Å². The molecule has 0 fully saturated rings. The van der Waals surface area contributed by atoms with Gasteiger partial charge in [0.25, 0.3) is 5.56 Å². The molecule has 2 aromatic rings. The Morgan fingerprint density at radius 1 is 1.33 bits per heavy atom. The van der Waals surface area contributed by atoms with Crippen LogP contribution in [-0.2, 0) is 16.1 Å². The Labute approximate surface area is 123 Å². The van der Waals surface area contributed by atoms with Crippen LogP contribution in [0.4, 0.5) is 0 Å². The van der Waals surface area contributed by atoms with Crippen LogP contribution >= 0.6 is 0 Å². The number of carbonyl (C=O) groups excluding carboxylic acids is 1. The number of rotatable bonds is 4. The lowest BCUT2D eigenvalue weighted by Gasteiger charge is -2.13. The van der Waals surface area contributed by atoms with Gasteiger partial charge in [-0.1, -0.05) is 25.5 Å². The molecule has 0 saturated heterocycles. The molecule has 5 heteroatoms. The minimum absolute atomic E-state index is 0.156. The van der Waals surface area contributed by atoms with Gasteiger partial charge in [0.1, 0.15) is 6.54 Å². The van der Waals surface area contributed by atoms with E-state index in [1.54, 1.807) is 13.0 Å². The monoisotopic (exact) mass is 288 g/mol. The summed E-state index contributed by atoms with van der Waals surface area (Å²) in [5.74, 6) is -0.295. The Kier molecular flexibility index (Phi) is 4.40. The highest BCUT2D eigenvalue weighted by atomic mass is 16.5. The average Bonchev–Trinajstić information content (AvgIpc) is 2.41. The minimum Gasteiger partial charge on any atom is -0.465 e. The van der Waals surface area contributed by atoms with Gasteiger partial charge in [-0.2, -0.15) is 5.10 Å². The summed E-state index contributed by atoms with van der Waals surface area (Å²) in [4.78, 5) is 24.1. The Morgan fingerprint density at radius 2 is 2.05 bits per heavy atom. The standard InChI is InChI=1S/C16H20N2O3/c1-5-21-14(19)9-18-16(20)12-7-6-11(4)8-13(12)15(17-18)10(2)3/h6-8,10H,5,9H2,1-4H3. The number of carbonyl (C=O) groups is 1. The zero-order valence-electron chi connectivity index (χ0n) is 12.8. The van der Waals surface area contributed by atoms with E-state index >= 15 is 0 Å². The van der Waals surface area contributed by atoms with Gasteiger partial charge in [0.05, 0.1) is 17.7 Å². The second-order valence-electron chi connectivity index (χ2n) is 5.36. The fraction of sp³-hybridized carbons (Fsp3) is 0.438. The Balaban J connectivity index is 2.63. The van der Waals surface area contributed by atoms with Crippen molar-refractivity contribution in [3.8, 4) is 0 Å². The smallest absolute Gasteiger partial charge is 0.327 e. The van der Waals surface area contributed by atoms with E-state index in [1.165, 1.54) is 4.68 Å². The predicted octanol–water partition coefficient (Wildman–Crippen LogP) is 2.39. The van der Waals surface area contributed by atoms with Crippen LogP contribution in [0.3, 0.4) is 0 Å². The topological polar surface area (TPSA) is 61.2 Å². The molecule has 0 amide bonds. The van der Waals surface area contributed by atoms with Gasteiger partial charge in [-0.25, -0.2) is 4.68 Å². The third kappa shape index (κ3) is 3.12. The molecule has 2 rings (SSSR count). The highest BCUT2D eigenvalue weighted by Crippen LogP contribution is 2.22. The molecule has 0 aliphatic heterocycles. The first-order valence-corrected chi connectivity index (χ1v) is 7.11. The first-order valence-electron chi connectivity index (χ1n) is 7.11. The zero-order chi connectivity index (χ0) is 15.6. The number of aryl methyl sites for hydroxylation is 1. The average molecular weight is 288 g/mol. The molecule has 112 valence electrons. The van der Waals surface area contributed by atoms with E-state index in [0.29, 0.717) is 5.39 Å². The SMILES string of the molecule is CCOC(=O)Cn1nc(C(C)C)c2cc(C)ccc2c1=O. The molecular weight excluding hydrogens is 268 g/mol. The maximum absolute atomic E-state index is 12.4. The molecule has 1 aromatic carbocycles. The van der Waals surface area contributed by atoms with Gasteiger partial charge in [-0.15, -0.1) is 0 Å². The molecule has 0 unspecified atom stereocenters. The number of hydrogen-bond donors (Lipinski definition) is 0. The van der Waals surface area contributed by atoms with Crippen molar-refractivity contribution < 1.29 is 9.53 Å². The number of hydrogen-bond acceptors (Lipinski definition) is 4. The number of benzene rings is 1. The lowest BCUT2D eigenvalue weighted by molar-refractivity contribution is -0.144. The zero-order valence-corrected chi connectivity index (χ0v) is 12.8. The summed E-state index contributed by atoms with van der Waals surface area (Å²) < 4.78 is 6.09. The van der Waals surface area contributed by atoms with E-state index in [2.05, 4.69) is 5.10 Å². The molecule has 0 saturated carbocycles. The van der Waals surface area contributed by atoms with Crippen molar-refractivity contribution in [3.63, 3.8) is 0 Å². The second kappa shape index (κ2) is 6.08. The minimum atomic E-state index is -0.451. The van der Waals surface area contributed by atoms with Crippen LogP contribution in [0.2, 0.25) is 0 Å². The lowest BCUT2D eigenvalue weighted by Crippen LogP contribution is -2.29. The number of fused-ring (bicyclic) bond motifs is 1. The van der Waals surface area contributed by atoms with Crippen LogP contribution in [0.25, 0.3) is 10.8 Å². The van der Waals surface area contributed by atoms with Gasteiger partial charge in [-0.05, 0) is 31.9 Å². The number of aromatic nitrogens is 2. The van der Waals surface area contributed by atoms with Crippen LogP contribution in [0.5, 0.6) is 0 Å². The molecule has 21 heavy (non-hydrogen) atoms. The van der Waals surface area contributed by atoms with Gasteiger partial charge >= 0.3 is 5.97 Å². The summed E-state index contributed by atoms with van der Waals surface area (Å²) in [7, 11) is 0. The molecule has 1 aromatic heterocycles. The van der Waals surface area contributed by atoms with Gasteiger partial charge in [0.2, 0.25) is 0 Å². The highest BCUT2D eigenvalue weighted by Gasteiger charge is 2.15. The largest absolute Gasteiger partial charge is 0.465 e. The Morgan fingerprint density at radius 3 is 2.67 bits per heavy atom. The first kappa shape index (κ1) is 15.2. The maximum atomic E-state index is 12.4. The van der Waals surface area contributed by atoms with Crippen molar-refractivity contribution in [2.45, 2.75) is 40.2 Å². The Hall–Kier alpha value is -2.17. The third-order valence-electron chi connectivity index (χ3n) is 3.28. The summed E-state index contributed by atoms with van der Waals surface area (Å²) in [6.45, 7) is 7.88. The normalized spacial score (nSPS) is 11.1. The fourth-order valence-corrected chi connectivity index (χ4v) is 2.29. The fourth-order valence-electron chi connectivity index (χ4n) is 2.29.